The highest BCUT2D eigenvalue weighted by molar-refractivity contribution is 7.99. The van der Waals surface area contributed by atoms with E-state index in [9.17, 15) is 9.59 Å². The standard InChI is InChI=1S/C20H21N5O3S/c21-8-4-9-24-12-16(15-6-1-2-7-17(15)24)18(26)13-29-20-23-22-19(27)25(20)11-14-5-3-10-28-14/h1-2,6-7,12,14H,3-5,9-11,13H2,(H,22,27). The lowest BCUT2D eigenvalue weighted by molar-refractivity contribution is 0.0941. The van der Waals surface area contributed by atoms with Crippen LogP contribution in [0.1, 0.15) is 29.6 Å². The summed E-state index contributed by atoms with van der Waals surface area (Å²) in [5.41, 5.74) is 1.27. The predicted octanol–water partition coefficient (Wildman–Crippen LogP) is 2.59. The Balaban J connectivity index is 1.51. The number of fused-ring (bicyclic) bond motifs is 1. The molecule has 2 aromatic heterocycles. The van der Waals surface area contributed by atoms with Crippen LogP contribution in [0.25, 0.3) is 10.9 Å². The second kappa shape index (κ2) is 8.68. The molecular formula is C20H21N5O3S. The number of rotatable bonds is 8. The number of carbonyl (C=O) groups is 1. The Kier molecular flexibility index (Phi) is 5.83. The molecule has 0 saturated carbocycles. The maximum absolute atomic E-state index is 12.9. The first-order valence-corrected chi connectivity index (χ1v) is 10.5. The minimum atomic E-state index is -0.288. The zero-order valence-corrected chi connectivity index (χ0v) is 16.7. The molecule has 0 spiro atoms. The molecular weight excluding hydrogens is 390 g/mol. The van der Waals surface area contributed by atoms with Crippen LogP contribution < -0.4 is 5.69 Å². The third kappa shape index (κ3) is 4.13. The van der Waals surface area contributed by atoms with E-state index >= 15 is 0 Å². The van der Waals surface area contributed by atoms with E-state index in [1.807, 2.05) is 35.0 Å². The number of aromatic nitrogens is 4. The van der Waals surface area contributed by atoms with Crippen LogP contribution in [-0.2, 0) is 17.8 Å². The van der Waals surface area contributed by atoms with Gasteiger partial charge in [0.25, 0.3) is 0 Å². The van der Waals surface area contributed by atoms with E-state index in [-0.39, 0.29) is 23.3 Å². The fraction of sp³-hybridized carbons (Fsp3) is 0.400. The number of ketones is 1. The summed E-state index contributed by atoms with van der Waals surface area (Å²) in [6.07, 6.45) is 4.12. The molecule has 4 rings (SSSR count). The Bertz CT molecular complexity index is 1120. The first-order chi connectivity index (χ1) is 14.2. The third-order valence-corrected chi connectivity index (χ3v) is 6.00. The number of ether oxygens (including phenoxy) is 1. The lowest BCUT2D eigenvalue weighted by Gasteiger charge is -2.10. The van der Waals surface area contributed by atoms with Gasteiger partial charge in [-0.2, -0.15) is 5.26 Å². The maximum Gasteiger partial charge on any atom is 0.344 e. The lowest BCUT2D eigenvalue weighted by atomic mass is 10.1. The van der Waals surface area contributed by atoms with Gasteiger partial charge < -0.3 is 9.30 Å². The lowest BCUT2D eigenvalue weighted by Crippen LogP contribution is -2.25. The zero-order chi connectivity index (χ0) is 20.2. The quantitative estimate of drug-likeness (QED) is 0.451. The maximum atomic E-state index is 12.9. The van der Waals surface area contributed by atoms with Crippen molar-refractivity contribution in [2.75, 3.05) is 12.4 Å². The van der Waals surface area contributed by atoms with Crippen LogP contribution in [-0.4, -0.2) is 43.6 Å². The number of Topliss-reactive ketones (excluding diaryl/α,β-unsaturated/α-hetero) is 1. The Morgan fingerprint density at radius 2 is 2.28 bits per heavy atom. The molecule has 3 heterocycles. The summed E-state index contributed by atoms with van der Waals surface area (Å²) in [6, 6.07) is 9.82. The second-order valence-electron chi connectivity index (χ2n) is 6.93. The van der Waals surface area contributed by atoms with Crippen molar-refractivity contribution in [3.63, 3.8) is 0 Å². The van der Waals surface area contributed by atoms with Gasteiger partial charge in [0.2, 0.25) is 0 Å². The van der Waals surface area contributed by atoms with Gasteiger partial charge in [-0.1, -0.05) is 30.0 Å². The smallest absolute Gasteiger partial charge is 0.344 e. The van der Waals surface area contributed by atoms with Crippen molar-refractivity contribution >= 4 is 28.4 Å². The highest BCUT2D eigenvalue weighted by Crippen LogP contribution is 2.25. The van der Waals surface area contributed by atoms with Crippen molar-refractivity contribution < 1.29 is 9.53 Å². The van der Waals surface area contributed by atoms with Crippen LogP contribution in [0.15, 0.2) is 40.4 Å². The Morgan fingerprint density at radius 1 is 1.41 bits per heavy atom. The summed E-state index contributed by atoms with van der Waals surface area (Å²) in [7, 11) is 0. The van der Waals surface area contributed by atoms with Gasteiger partial charge in [0.05, 0.1) is 30.9 Å². The fourth-order valence-corrected chi connectivity index (χ4v) is 4.44. The van der Waals surface area contributed by atoms with Crippen LogP contribution in [0.4, 0.5) is 0 Å². The van der Waals surface area contributed by atoms with Crippen molar-refractivity contribution in [2.45, 2.75) is 43.6 Å². The van der Waals surface area contributed by atoms with Gasteiger partial charge in [-0.3, -0.25) is 9.36 Å². The molecule has 1 N–H and O–H groups in total. The van der Waals surface area contributed by atoms with Crippen molar-refractivity contribution in [1.82, 2.24) is 19.3 Å². The molecule has 1 aromatic carbocycles. The number of benzene rings is 1. The van der Waals surface area contributed by atoms with Gasteiger partial charge >= 0.3 is 5.69 Å². The van der Waals surface area contributed by atoms with E-state index in [4.69, 9.17) is 10.00 Å². The number of aryl methyl sites for hydroxylation is 1. The van der Waals surface area contributed by atoms with E-state index in [0.29, 0.717) is 36.8 Å². The van der Waals surface area contributed by atoms with E-state index in [2.05, 4.69) is 16.3 Å². The molecule has 1 saturated heterocycles. The number of hydrogen-bond donors (Lipinski definition) is 1. The first-order valence-electron chi connectivity index (χ1n) is 9.55. The summed E-state index contributed by atoms with van der Waals surface area (Å²) in [6.45, 7) is 1.70. The molecule has 150 valence electrons. The first kappa shape index (κ1) is 19.5. The number of nitriles is 1. The van der Waals surface area contributed by atoms with Crippen molar-refractivity contribution in [3.8, 4) is 6.07 Å². The van der Waals surface area contributed by atoms with Crippen LogP contribution in [0.5, 0.6) is 0 Å². The molecule has 1 aliphatic heterocycles. The van der Waals surface area contributed by atoms with E-state index in [1.54, 1.807) is 4.57 Å². The summed E-state index contributed by atoms with van der Waals surface area (Å²) in [4.78, 5) is 25.0. The molecule has 0 bridgehead atoms. The highest BCUT2D eigenvalue weighted by atomic mass is 32.2. The van der Waals surface area contributed by atoms with E-state index in [0.717, 1.165) is 23.7 Å². The monoisotopic (exact) mass is 411 g/mol. The Hall–Kier alpha value is -2.83. The van der Waals surface area contributed by atoms with Crippen molar-refractivity contribution in [2.24, 2.45) is 0 Å². The van der Waals surface area contributed by atoms with E-state index in [1.165, 1.54) is 11.8 Å². The van der Waals surface area contributed by atoms with Crippen molar-refractivity contribution in [3.05, 3.63) is 46.5 Å². The molecule has 8 nitrogen and oxygen atoms in total. The van der Waals surface area contributed by atoms with Gasteiger partial charge in [0, 0.05) is 35.8 Å². The van der Waals surface area contributed by atoms with Crippen molar-refractivity contribution in [1.29, 1.82) is 5.26 Å². The van der Waals surface area contributed by atoms with Gasteiger partial charge in [-0.15, -0.1) is 5.10 Å². The molecule has 0 aliphatic carbocycles. The van der Waals surface area contributed by atoms with Crippen LogP contribution >= 0.6 is 11.8 Å². The number of hydrogen-bond acceptors (Lipinski definition) is 6. The summed E-state index contributed by atoms with van der Waals surface area (Å²) >= 11 is 1.24. The number of thioether (sulfide) groups is 1. The van der Waals surface area contributed by atoms with Crippen LogP contribution in [0, 0.1) is 11.3 Å². The van der Waals surface area contributed by atoms with E-state index < -0.39 is 0 Å². The molecule has 0 radical (unpaired) electrons. The van der Waals surface area contributed by atoms with Gasteiger partial charge in [-0.25, -0.2) is 9.89 Å². The van der Waals surface area contributed by atoms with Crippen LogP contribution in [0.3, 0.4) is 0 Å². The number of aromatic amines is 1. The topological polar surface area (TPSA) is 106 Å². The number of nitrogens with zero attached hydrogens (tertiary/aromatic N) is 4. The third-order valence-electron chi connectivity index (χ3n) is 5.02. The molecule has 1 unspecified atom stereocenters. The SMILES string of the molecule is N#CCCn1cc(C(=O)CSc2n[nH]c(=O)n2CC2CCCO2)c2ccccc21. The second-order valence-corrected chi connectivity index (χ2v) is 7.87. The molecule has 9 heteroatoms. The number of nitrogens with one attached hydrogen (secondary N) is 1. The van der Waals surface area contributed by atoms with Gasteiger partial charge in [0.1, 0.15) is 0 Å². The number of carbonyl (C=O) groups excluding carboxylic acids is 1. The summed E-state index contributed by atoms with van der Waals surface area (Å²) < 4.78 is 9.10. The number of H-pyrrole nitrogens is 1. The minimum absolute atomic E-state index is 0.0125. The van der Waals surface area contributed by atoms with Gasteiger partial charge in [-0.05, 0) is 18.9 Å². The Labute approximate surface area is 171 Å². The normalized spacial score (nSPS) is 16.3. The highest BCUT2D eigenvalue weighted by Gasteiger charge is 2.21. The average Bonchev–Trinajstić information content (AvgIpc) is 3.46. The largest absolute Gasteiger partial charge is 0.376 e. The summed E-state index contributed by atoms with van der Waals surface area (Å²) in [5.74, 6) is 0.128. The fourth-order valence-electron chi connectivity index (χ4n) is 3.60. The molecule has 0 amide bonds. The summed E-state index contributed by atoms with van der Waals surface area (Å²) in [5, 5.41) is 16.8. The molecule has 29 heavy (non-hydrogen) atoms. The molecule has 1 fully saturated rings. The Morgan fingerprint density at radius 3 is 3.07 bits per heavy atom. The average molecular weight is 411 g/mol. The minimum Gasteiger partial charge on any atom is -0.376 e. The van der Waals surface area contributed by atoms with Gasteiger partial charge in [0.15, 0.2) is 10.9 Å². The molecule has 1 aliphatic rings. The number of para-hydroxylation sites is 1. The molecule has 1 atom stereocenters. The van der Waals surface area contributed by atoms with Crippen LogP contribution in [0.2, 0.25) is 0 Å². The zero-order valence-electron chi connectivity index (χ0n) is 15.8. The predicted molar refractivity (Wildman–Crippen MR) is 109 cm³/mol. The molecule has 3 aromatic rings.